The number of aromatic nitrogens is 3. The Morgan fingerprint density at radius 3 is 2.70 bits per heavy atom. The molecule has 1 amide bonds. The highest BCUT2D eigenvalue weighted by atomic mass is 35.5. The molecule has 0 saturated heterocycles. The Kier molecular flexibility index (Phi) is 6.60. The van der Waals surface area contributed by atoms with Gasteiger partial charge in [0.25, 0.3) is 5.91 Å². The first-order chi connectivity index (χ1) is 13.0. The van der Waals surface area contributed by atoms with E-state index in [0.29, 0.717) is 38.1 Å². The van der Waals surface area contributed by atoms with Gasteiger partial charge in [-0.15, -0.1) is 5.10 Å². The second kappa shape index (κ2) is 9.12. The van der Waals surface area contributed by atoms with E-state index in [1.54, 1.807) is 43.5 Å². The number of hydrogen-bond acceptors (Lipinski definition) is 5. The zero-order valence-electron chi connectivity index (χ0n) is 14.3. The van der Waals surface area contributed by atoms with Crippen molar-refractivity contribution in [3.8, 4) is 5.75 Å². The van der Waals surface area contributed by atoms with E-state index < -0.39 is 0 Å². The predicted octanol–water partition coefficient (Wildman–Crippen LogP) is 4.34. The zero-order valence-corrected chi connectivity index (χ0v) is 16.7. The van der Waals surface area contributed by atoms with Crippen LogP contribution in [-0.4, -0.2) is 28.2 Å². The van der Waals surface area contributed by atoms with Crippen molar-refractivity contribution < 1.29 is 9.53 Å². The summed E-state index contributed by atoms with van der Waals surface area (Å²) in [7, 11) is 1.58. The summed E-state index contributed by atoms with van der Waals surface area (Å²) in [6.07, 6.45) is 0. The maximum Gasteiger partial charge on any atom is 0.251 e. The number of nitrogens with one attached hydrogen (secondary N) is 2. The molecule has 0 aliphatic heterocycles. The highest BCUT2D eigenvalue weighted by molar-refractivity contribution is 7.98. The number of ether oxygens (including phenoxy) is 1. The van der Waals surface area contributed by atoms with Gasteiger partial charge in [0, 0.05) is 21.4 Å². The lowest BCUT2D eigenvalue weighted by Gasteiger charge is -2.04. The van der Waals surface area contributed by atoms with E-state index in [0.717, 1.165) is 5.56 Å². The number of rotatable bonds is 7. The molecule has 3 aromatic rings. The molecule has 1 aromatic heterocycles. The first-order valence-electron chi connectivity index (χ1n) is 7.95. The van der Waals surface area contributed by atoms with E-state index in [1.807, 2.05) is 6.07 Å². The largest absolute Gasteiger partial charge is 0.497 e. The lowest BCUT2D eigenvalue weighted by atomic mass is 10.2. The molecule has 0 saturated carbocycles. The number of methoxy groups -OCH3 is 1. The van der Waals surface area contributed by atoms with Crippen LogP contribution in [0.5, 0.6) is 5.75 Å². The molecule has 27 heavy (non-hydrogen) atoms. The van der Waals surface area contributed by atoms with Gasteiger partial charge in [0.1, 0.15) is 11.6 Å². The molecule has 3 rings (SSSR count). The Morgan fingerprint density at radius 2 is 2.00 bits per heavy atom. The summed E-state index contributed by atoms with van der Waals surface area (Å²) >= 11 is 13.5. The van der Waals surface area contributed by atoms with Crippen LogP contribution in [0.2, 0.25) is 10.0 Å². The maximum absolute atomic E-state index is 12.2. The summed E-state index contributed by atoms with van der Waals surface area (Å²) in [5.74, 6) is 1.69. The van der Waals surface area contributed by atoms with Gasteiger partial charge >= 0.3 is 0 Å². The number of carbonyl (C=O) groups is 1. The van der Waals surface area contributed by atoms with Crippen LogP contribution in [0.3, 0.4) is 0 Å². The Labute approximate surface area is 170 Å². The Bertz CT molecular complexity index is 931. The van der Waals surface area contributed by atoms with Crippen molar-refractivity contribution >= 4 is 40.9 Å². The van der Waals surface area contributed by atoms with Gasteiger partial charge in [-0.2, -0.15) is 0 Å². The van der Waals surface area contributed by atoms with E-state index in [-0.39, 0.29) is 12.5 Å². The van der Waals surface area contributed by atoms with Crippen LogP contribution >= 0.6 is 35.0 Å². The molecule has 0 radical (unpaired) electrons. The minimum absolute atomic E-state index is 0.198. The minimum atomic E-state index is -0.198. The molecule has 0 fully saturated rings. The number of H-pyrrole nitrogens is 1. The van der Waals surface area contributed by atoms with Crippen molar-refractivity contribution in [3.63, 3.8) is 0 Å². The number of carbonyl (C=O) groups excluding carboxylic acids is 1. The molecule has 0 spiro atoms. The van der Waals surface area contributed by atoms with Gasteiger partial charge in [-0.05, 0) is 42.0 Å². The van der Waals surface area contributed by atoms with Crippen LogP contribution in [-0.2, 0) is 12.3 Å². The van der Waals surface area contributed by atoms with Gasteiger partial charge in [-0.1, -0.05) is 41.0 Å². The summed E-state index contributed by atoms with van der Waals surface area (Å²) in [4.78, 5) is 16.5. The third kappa shape index (κ3) is 5.38. The quantitative estimate of drug-likeness (QED) is 0.553. The number of amides is 1. The standard InChI is InChI=1S/C18H16Cl2N4O2S/c1-26-14-6-3-11(4-7-14)17(25)21-9-16-22-18(24-23-16)27-10-12-2-5-13(19)8-15(12)20/h2-8H,9-10H2,1H3,(H,21,25)(H,22,23,24). The first-order valence-corrected chi connectivity index (χ1v) is 9.69. The van der Waals surface area contributed by atoms with Gasteiger partial charge in [0.2, 0.25) is 5.16 Å². The number of thioether (sulfide) groups is 1. The van der Waals surface area contributed by atoms with Gasteiger partial charge < -0.3 is 10.1 Å². The molecule has 2 N–H and O–H groups in total. The molecule has 6 nitrogen and oxygen atoms in total. The first kappa shape index (κ1) is 19.5. The van der Waals surface area contributed by atoms with Gasteiger partial charge in [0.15, 0.2) is 0 Å². The minimum Gasteiger partial charge on any atom is -0.497 e. The summed E-state index contributed by atoms with van der Waals surface area (Å²) in [5, 5.41) is 11.5. The highest BCUT2D eigenvalue weighted by Crippen LogP contribution is 2.27. The fourth-order valence-electron chi connectivity index (χ4n) is 2.21. The summed E-state index contributed by atoms with van der Waals surface area (Å²) < 4.78 is 5.08. The van der Waals surface area contributed by atoms with Crippen molar-refractivity contribution in [2.24, 2.45) is 0 Å². The molecular weight excluding hydrogens is 407 g/mol. The summed E-state index contributed by atoms with van der Waals surface area (Å²) in [6.45, 7) is 0.250. The van der Waals surface area contributed by atoms with Crippen molar-refractivity contribution in [1.29, 1.82) is 0 Å². The number of nitrogens with zero attached hydrogens (tertiary/aromatic N) is 2. The van der Waals surface area contributed by atoms with Gasteiger partial charge in [-0.3, -0.25) is 9.89 Å². The van der Waals surface area contributed by atoms with Crippen molar-refractivity contribution in [2.45, 2.75) is 17.5 Å². The lowest BCUT2D eigenvalue weighted by molar-refractivity contribution is 0.0950. The van der Waals surface area contributed by atoms with E-state index in [1.165, 1.54) is 11.8 Å². The van der Waals surface area contributed by atoms with Crippen LogP contribution in [0.15, 0.2) is 47.6 Å². The normalized spacial score (nSPS) is 10.6. The molecular formula is C18H16Cl2N4O2S. The van der Waals surface area contributed by atoms with Crippen molar-refractivity contribution in [3.05, 3.63) is 69.5 Å². The Hall–Kier alpha value is -2.22. The fourth-order valence-corrected chi connectivity index (χ4v) is 3.59. The average molecular weight is 423 g/mol. The number of benzene rings is 2. The van der Waals surface area contributed by atoms with Crippen LogP contribution in [0.4, 0.5) is 0 Å². The number of hydrogen-bond donors (Lipinski definition) is 2. The molecule has 0 unspecified atom stereocenters. The zero-order chi connectivity index (χ0) is 19.2. The fraction of sp³-hybridized carbons (Fsp3) is 0.167. The lowest BCUT2D eigenvalue weighted by Crippen LogP contribution is -2.23. The SMILES string of the molecule is COc1ccc(C(=O)NCc2nc(SCc3ccc(Cl)cc3Cl)n[nH]2)cc1. The molecule has 9 heteroatoms. The monoisotopic (exact) mass is 422 g/mol. The van der Waals surface area contributed by atoms with Gasteiger partial charge in [-0.25, -0.2) is 4.98 Å². The van der Waals surface area contributed by atoms with Crippen LogP contribution in [0, 0.1) is 0 Å². The molecule has 2 aromatic carbocycles. The van der Waals surface area contributed by atoms with Crippen molar-refractivity contribution in [2.75, 3.05) is 7.11 Å². The Morgan fingerprint density at radius 1 is 1.22 bits per heavy atom. The highest BCUT2D eigenvalue weighted by Gasteiger charge is 2.09. The third-order valence-electron chi connectivity index (χ3n) is 3.65. The topological polar surface area (TPSA) is 79.9 Å². The second-order valence-electron chi connectivity index (χ2n) is 5.50. The summed E-state index contributed by atoms with van der Waals surface area (Å²) in [6, 6.07) is 12.2. The second-order valence-corrected chi connectivity index (χ2v) is 7.29. The molecule has 1 heterocycles. The smallest absolute Gasteiger partial charge is 0.251 e. The average Bonchev–Trinajstić information content (AvgIpc) is 3.13. The molecule has 0 bridgehead atoms. The van der Waals surface area contributed by atoms with E-state index in [9.17, 15) is 4.79 Å². The third-order valence-corrected chi connectivity index (χ3v) is 5.13. The molecule has 0 aliphatic rings. The van der Waals surface area contributed by atoms with Crippen molar-refractivity contribution in [1.82, 2.24) is 20.5 Å². The van der Waals surface area contributed by atoms with Gasteiger partial charge in [0.05, 0.1) is 13.7 Å². The number of aromatic amines is 1. The van der Waals surface area contributed by atoms with Crippen LogP contribution in [0.1, 0.15) is 21.7 Å². The molecule has 0 aliphatic carbocycles. The molecule has 0 atom stereocenters. The predicted molar refractivity (Wildman–Crippen MR) is 107 cm³/mol. The van der Waals surface area contributed by atoms with E-state index >= 15 is 0 Å². The number of halogens is 2. The Balaban J connectivity index is 1.52. The summed E-state index contributed by atoms with van der Waals surface area (Å²) in [5.41, 5.74) is 1.49. The van der Waals surface area contributed by atoms with E-state index in [4.69, 9.17) is 27.9 Å². The maximum atomic E-state index is 12.2. The van der Waals surface area contributed by atoms with Crippen LogP contribution < -0.4 is 10.1 Å². The molecule has 140 valence electrons. The van der Waals surface area contributed by atoms with Crippen LogP contribution in [0.25, 0.3) is 0 Å². The van der Waals surface area contributed by atoms with E-state index in [2.05, 4.69) is 20.5 Å².